The molecule has 4 nitrogen and oxygen atoms in total. The van der Waals surface area contributed by atoms with Crippen LogP contribution in [0.4, 0.5) is 0 Å². The molecule has 0 aliphatic carbocycles. The number of aliphatic hydroxyl groups is 1. The van der Waals surface area contributed by atoms with Crippen molar-refractivity contribution >= 4 is 5.97 Å². The fraction of sp³-hybridized carbons (Fsp3) is 0.100. The number of para-hydroxylation sites is 1. The molecule has 4 heteroatoms. The SMILES string of the molecule is O=C(O)C1=CC(O)c2ccccc2O1. The quantitative estimate of drug-likeness (QED) is 0.698. The summed E-state index contributed by atoms with van der Waals surface area (Å²) in [5.74, 6) is -1.03. The predicted octanol–water partition coefficient (Wildman–Crippen LogP) is 1.08. The van der Waals surface area contributed by atoms with Crippen LogP contribution in [0.15, 0.2) is 36.1 Å². The molecule has 1 aromatic rings. The highest BCUT2D eigenvalue weighted by Gasteiger charge is 2.22. The molecule has 14 heavy (non-hydrogen) atoms. The van der Waals surface area contributed by atoms with E-state index in [4.69, 9.17) is 9.84 Å². The second-order valence-electron chi connectivity index (χ2n) is 2.92. The lowest BCUT2D eigenvalue weighted by atomic mass is 10.1. The number of rotatable bonds is 1. The molecule has 0 radical (unpaired) electrons. The lowest BCUT2D eigenvalue weighted by Crippen LogP contribution is -2.15. The van der Waals surface area contributed by atoms with Gasteiger partial charge in [-0.2, -0.15) is 0 Å². The van der Waals surface area contributed by atoms with Gasteiger partial charge >= 0.3 is 5.97 Å². The third-order valence-corrected chi connectivity index (χ3v) is 1.98. The summed E-state index contributed by atoms with van der Waals surface area (Å²) in [7, 11) is 0. The van der Waals surface area contributed by atoms with E-state index in [1.165, 1.54) is 6.08 Å². The van der Waals surface area contributed by atoms with E-state index >= 15 is 0 Å². The van der Waals surface area contributed by atoms with E-state index in [1.54, 1.807) is 24.3 Å². The van der Waals surface area contributed by atoms with Crippen LogP contribution in [0.3, 0.4) is 0 Å². The monoisotopic (exact) mass is 192 g/mol. The van der Waals surface area contributed by atoms with Gasteiger partial charge in [-0.3, -0.25) is 0 Å². The Kier molecular flexibility index (Phi) is 1.98. The zero-order valence-corrected chi connectivity index (χ0v) is 7.18. The first-order chi connectivity index (χ1) is 6.68. The molecular formula is C10H8O4. The summed E-state index contributed by atoms with van der Waals surface area (Å²) in [5.41, 5.74) is 0.581. The number of carboxylic acid groups (broad SMARTS) is 1. The maximum absolute atomic E-state index is 10.6. The number of carbonyl (C=O) groups is 1. The molecule has 1 heterocycles. The van der Waals surface area contributed by atoms with Crippen LogP contribution in [-0.4, -0.2) is 16.2 Å². The van der Waals surface area contributed by atoms with Crippen molar-refractivity contribution in [2.75, 3.05) is 0 Å². The standard InChI is InChI=1S/C10H8O4/c11-7-5-9(10(12)13)14-8-4-2-1-3-6(7)8/h1-5,7,11H,(H,12,13). The van der Waals surface area contributed by atoms with Crippen molar-refractivity contribution in [1.29, 1.82) is 0 Å². The van der Waals surface area contributed by atoms with E-state index in [1.807, 2.05) is 0 Å². The minimum absolute atomic E-state index is 0.240. The zero-order chi connectivity index (χ0) is 10.1. The molecule has 2 N–H and O–H groups in total. The first kappa shape index (κ1) is 8.77. The van der Waals surface area contributed by atoms with E-state index in [2.05, 4.69) is 0 Å². The second-order valence-corrected chi connectivity index (χ2v) is 2.92. The van der Waals surface area contributed by atoms with Gasteiger partial charge in [-0.1, -0.05) is 18.2 Å². The third kappa shape index (κ3) is 1.36. The average Bonchev–Trinajstić information content (AvgIpc) is 2.17. The van der Waals surface area contributed by atoms with Crippen LogP contribution < -0.4 is 4.74 Å². The zero-order valence-electron chi connectivity index (χ0n) is 7.18. The predicted molar refractivity (Wildman–Crippen MR) is 47.7 cm³/mol. The molecule has 1 atom stereocenters. The van der Waals surface area contributed by atoms with Crippen molar-refractivity contribution in [3.8, 4) is 5.75 Å². The van der Waals surface area contributed by atoms with Gasteiger partial charge in [0, 0.05) is 5.56 Å². The van der Waals surface area contributed by atoms with Crippen LogP contribution in [-0.2, 0) is 4.79 Å². The van der Waals surface area contributed by atoms with Crippen molar-refractivity contribution in [3.63, 3.8) is 0 Å². The number of hydrogen-bond donors (Lipinski definition) is 2. The number of carboxylic acids is 1. The van der Waals surface area contributed by atoms with Crippen LogP contribution in [0.2, 0.25) is 0 Å². The van der Waals surface area contributed by atoms with Gasteiger partial charge in [0.15, 0.2) is 0 Å². The maximum Gasteiger partial charge on any atom is 0.371 e. The lowest BCUT2D eigenvalue weighted by Gasteiger charge is -2.19. The molecule has 0 saturated heterocycles. The highest BCUT2D eigenvalue weighted by atomic mass is 16.5. The number of benzene rings is 1. The minimum atomic E-state index is -1.18. The molecular weight excluding hydrogens is 184 g/mol. The molecule has 0 fully saturated rings. The largest absolute Gasteiger partial charge is 0.475 e. The van der Waals surface area contributed by atoms with Crippen LogP contribution in [0.5, 0.6) is 5.75 Å². The van der Waals surface area contributed by atoms with Crippen LogP contribution in [0.1, 0.15) is 11.7 Å². The summed E-state index contributed by atoms with van der Waals surface area (Å²) in [6.07, 6.45) is 0.260. The Bertz CT molecular complexity index is 408. The minimum Gasteiger partial charge on any atom is -0.475 e. The van der Waals surface area contributed by atoms with E-state index in [-0.39, 0.29) is 5.76 Å². The van der Waals surface area contributed by atoms with Gasteiger partial charge < -0.3 is 14.9 Å². The Balaban J connectivity index is 2.42. The fourth-order valence-electron chi connectivity index (χ4n) is 1.32. The molecule has 0 spiro atoms. The molecule has 1 aromatic carbocycles. The molecule has 0 saturated carbocycles. The molecule has 1 unspecified atom stereocenters. The highest BCUT2D eigenvalue weighted by Crippen LogP contribution is 2.32. The van der Waals surface area contributed by atoms with Crippen LogP contribution >= 0.6 is 0 Å². The molecule has 0 bridgehead atoms. The smallest absolute Gasteiger partial charge is 0.371 e. The summed E-state index contributed by atoms with van der Waals surface area (Å²) in [6, 6.07) is 6.78. The Labute approximate surface area is 80.1 Å². The Hall–Kier alpha value is -1.81. The number of hydrogen-bond acceptors (Lipinski definition) is 3. The number of aliphatic carboxylic acids is 1. The van der Waals surface area contributed by atoms with Gasteiger partial charge in [-0.15, -0.1) is 0 Å². The van der Waals surface area contributed by atoms with Crippen LogP contribution in [0.25, 0.3) is 0 Å². The van der Waals surface area contributed by atoms with Crippen molar-refractivity contribution in [2.45, 2.75) is 6.10 Å². The molecule has 2 rings (SSSR count). The van der Waals surface area contributed by atoms with Gasteiger partial charge in [0.25, 0.3) is 0 Å². The van der Waals surface area contributed by atoms with Crippen molar-refractivity contribution in [2.24, 2.45) is 0 Å². The number of ether oxygens (including phenoxy) is 1. The maximum atomic E-state index is 10.6. The third-order valence-electron chi connectivity index (χ3n) is 1.98. The average molecular weight is 192 g/mol. The Morgan fingerprint density at radius 1 is 1.36 bits per heavy atom. The van der Waals surface area contributed by atoms with E-state index in [0.29, 0.717) is 11.3 Å². The fourth-order valence-corrected chi connectivity index (χ4v) is 1.32. The van der Waals surface area contributed by atoms with E-state index in [9.17, 15) is 9.90 Å². The first-order valence-electron chi connectivity index (χ1n) is 4.08. The second kappa shape index (κ2) is 3.16. The Morgan fingerprint density at radius 2 is 2.07 bits per heavy atom. The van der Waals surface area contributed by atoms with Crippen molar-refractivity contribution in [3.05, 3.63) is 41.7 Å². The highest BCUT2D eigenvalue weighted by molar-refractivity contribution is 5.85. The van der Waals surface area contributed by atoms with E-state index in [0.717, 1.165) is 0 Å². The summed E-state index contributed by atoms with van der Waals surface area (Å²) in [4.78, 5) is 10.6. The van der Waals surface area contributed by atoms with Crippen LogP contribution in [0, 0.1) is 0 Å². The molecule has 1 aliphatic rings. The first-order valence-corrected chi connectivity index (χ1v) is 4.08. The summed E-state index contributed by atoms with van der Waals surface area (Å²) < 4.78 is 5.07. The molecule has 0 aromatic heterocycles. The topological polar surface area (TPSA) is 66.8 Å². The molecule has 72 valence electrons. The molecule has 0 amide bonds. The van der Waals surface area contributed by atoms with Crippen molar-refractivity contribution in [1.82, 2.24) is 0 Å². The number of aliphatic hydroxyl groups excluding tert-OH is 1. The Morgan fingerprint density at radius 3 is 2.79 bits per heavy atom. The van der Waals surface area contributed by atoms with Gasteiger partial charge in [0.05, 0.1) is 0 Å². The molecule has 1 aliphatic heterocycles. The van der Waals surface area contributed by atoms with Gasteiger partial charge in [0.2, 0.25) is 5.76 Å². The summed E-state index contributed by atoms with van der Waals surface area (Å²) in [6.45, 7) is 0. The van der Waals surface area contributed by atoms with Gasteiger partial charge in [-0.05, 0) is 12.1 Å². The van der Waals surface area contributed by atoms with Gasteiger partial charge in [-0.25, -0.2) is 4.79 Å². The van der Waals surface area contributed by atoms with E-state index < -0.39 is 12.1 Å². The summed E-state index contributed by atoms with van der Waals surface area (Å²) >= 11 is 0. The normalized spacial score (nSPS) is 19.2. The summed E-state index contributed by atoms with van der Waals surface area (Å²) in [5, 5.41) is 18.2. The van der Waals surface area contributed by atoms with Crippen molar-refractivity contribution < 1.29 is 19.7 Å². The number of fused-ring (bicyclic) bond motifs is 1. The van der Waals surface area contributed by atoms with Gasteiger partial charge in [0.1, 0.15) is 11.9 Å². The lowest BCUT2D eigenvalue weighted by molar-refractivity contribution is -0.135.